The maximum Gasteiger partial charge on any atom is 0.239 e. The zero-order valence-corrected chi connectivity index (χ0v) is 16.7. The monoisotopic (exact) mass is 365 g/mol. The molecule has 1 amide bonds. The van der Waals surface area contributed by atoms with Crippen molar-refractivity contribution in [2.24, 2.45) is 5.92 Å². The Morgan fingerprint density at radius 1 is 1.15 bits per heavy atom. The fraction of sp³-hybridized carbons (Fsp3) is 0.435. The lowest BCUT2D eigenvalue weighted by Gasteiger charge is -2.28. The van der Waals surface area contributed by atoms with Gasteiger partial charge in [-0.2, -0.15) is 0 Å². The predicted molar refractivity (Wildman–Crippen MR) is 113 cm³/mol. The molecule has 3 rings (SSSR count). The number of benzene rings is 2. The van der Waals surface area contributed by atoms with E-state index >= 15 is 0 Å². The first-order valence-electron chi connectivity index (χ1n) is 9.93. The number of aryl methyl sites for hydroxylation is 1. The number of para-hydroxylation sites is 1. The molecule has 0 bridgehead atoms. The first-order valence-corrected chi connectivity index (χ1v) is 9.93. The highest BCUT2D eigenvalue weighted by Crippen LogP contribution is 2.23. The maximum atomic E-state index is 12.5. The normalized spacial score (nSPS) is 16.6. The molecule has 1 unspecified atom stereocenters. The molecule has 0 aliphatic carbocycles. The van der Waals surface area contributed by atoms with Crippen molar-refractivity contribution in [2.75, 3.05) is 36.0 Å². The molecule has 144 valence electrons. The summed E-state index contributed by atoms with van der Waals surface area (Å²) in [4.78, 5) is 17.1. The molecule has 0 spiro atoms. The first kappa shape index (κ1) is 19.3. The fourth-order valence-electron chi connectivity index (χ4n) is 3.65. The highest BCUT2D eigenvalue weighted by molar-refractivity contribution is 5.81. The summed E-state index contributed by atoms with van der Waals surface area (Å²) >= 11 is 0. The van der Waals surface area contributed by atoms with Crippen LogP contribution in [0.2, 0.25) is 0 Å². The van der Waals surface area contributed by atoms with Crippen LogP contribution in [0.25, 0.3) is 0 Å². The quantitative estimate of drug-likeness (QED) is 0.809. The Labute approximate surface area is 163 Å². The Morgan fingerprint density at radius 2 is 1.85 bits per heavy atom. The van der Waals surface area contributed by atoms with Gasteiger partial charge in [-0.15, -0.1) is 0 Å². The van der Waals surface area contributed by atoms with Crippen molar-refractivity contribution in [1.29, 1.82) is 0 Å². The summed E-state index contributed by atoms with van der Waals surface area (Å²) in [5.74, 6) is 0.614. The van der Waals surface area contributed by atoms with Gasteiger partial charge in [-0.3, -0.25) is 4.79 Å². The number of nitrogens with zero attached hydrogens (tertiary/aromatic N) is 2. The summed E-state index contributed by atoms with van der Waals surface area (Å²) in [5.41, 5.74) is 3.61. The second-order valence-electron chi connectivity index (χ2n) is 7.80. The van der Waals surface area contributed by atoms with Crippen molar-refractivity contribution < 1.29 is 4.79 Å². The molecular weight excluding hydrogens is 334 g/mol. The Bertz CT molecular complexity index is 727. The van der Waals surface area contributed by atoms with Gasteiger partial charge in [0.1, 0.15) is 0 Å². The molecule has 2 aromatic carbocycles. The zero-order chi connectivity index (χ0) is 19.2. The molecule has 0 saturated carbocycles. The van der Waals surface area contributed by atoms with Crippen LogP contribution >= 0.6 is 0 Å². The molecule has 1 fully saturated rings. The van der Waals surface area contributed by atoms with Crippen molar-refractivity contribution in [2.45, 2.75) is 33.2 Å². The summed E-state index contributed by atoms with van der Waals surface area (Å²) in [5, 5.41) is 3.16. The first-order chi connectivity index (χ1) is 13.0. The molecular formula is C23H31N3O. The van der Waals surface area contributed by atoms with Gasteiger partial charge in [0.25, 0.3) is 0 Å². The zero-order valence-electron chi connectivity index (χ0n) is 16.7. The molecule has 1 saturated heterocycles. The van der Waals surface area contributed by atoms with Crippen molar-refractivity contribution in [3.05, 3.63) is 60.2 Å². The van der Waals surface area contributed by atoms with E-state index in [1.165, 1.54) is 11.3 Å². The molecule has 27 heavy (non-hydrogen) atoms. The Hall–Kier alpha value is -2.49. The number of carbonyl (C=O) groups excluding carboxylic acids is 1. The van der Waals surface area contributed by atoms with E-state index in [1.807, 2.05) is 6.07 Å². The summed E-state index contributed by atoms with van der Waals surface area (Å²) in [6.07, 6.45) is 1.13. The van der Waals surface area contributed by atoms with Crippen molar-refractivity contribution >= 4 is 17.3 Å². The summed E-state index contributed by atoms with van der Waals surface area (Å²) in [6, 6.07) is 19.2. The lowest BCUT2D eigenvalue weighted by molar-refractivity contribution is -0.120. The van der Waals surface area contributed by atoms with Crippen molar-refractivity contribution in [3.63, 3.8) is 0 Å². The maximum absolute atomic E-state index is 12.5. The number of hydrogen-bond donors (Lipinski definition) is 1. The molecule has 1 aliphatic rings. The number of carbonyl (C=O) groups is 1. The third kappa shape index (κ3) is 5.25. The van der Waals surface area contributed by atoms with Crippen molar-refractivity contribution in [1.82, 2.24) is 5.32 Å². The smallest absolute Gasteiger partial charge is 0.239 e. The molecule has 4 nitrogen and oxygen atoms in total. The average Bonchev–Trinajstić information content (AvgIpc) is 3.15. The van der Waals surface area contributed by atoms with Gasteiger partial charge in [-0.25, -0.2) is 0 Å². The third-order valence-corrected chi connectivity index (χ3v) is 5.30. The van der Waals surface area contributed by atoms with E-state index in [9.17, 15) is 4.79 Å². The SMILES string of the molecule is Cc1ccc(N(CC(=O)NCC2CCN(c3ccccc3)C2)C(C)C)cc1. The minimum Gasteiger partial charge on any atom is -0.371 e. The van der Waals surface area contributed by atoms with Gasteiger partial charge in [0.05, 0.1) is 6.54 Å². The Morgan fingerprint density at radius 3 is 2.52 bits per heavy atom. The van der Waals surface area contributed by atoms with Crippen LogP contribution in [0.4, 0.5) is 11.4 Å². The Balaban J connectivity index is 1.49. The van der Waals surface area contributed by atoms with E-state index in [1.54, 1.807) is 0 Å². The minimum absolute atomic E-state index is 0.0995. The third-order valence-electron chi connectivity index (χ3n) is 5.30. The number of anilines is 2. The largest absolute Gasteiger partial charge is 0.371 e. The number of rotatable bonds is 7. The topological polar surface area (TPSA) is 35.6 Å². The van der Waals surface area contributed by atoms with Gasteiger partial charge < -0.3 is 15.1 Å². The van der Waals surface area contributed by atoms with Crippen LogP contribution in [0.5, 0.6) is 0 Å². The molecule has 1 aliphatic heterocycles. The van der Waals surface area contributed by atoms with E-state index in [4.69, 9.17) is 0 Å². The fourth-order valence-corrected chi connectivity index (χ4v) is 3.65. The van der Waals surface area contributed by atoms with E-state index < -0.39 is 0 Å². The predicted octanol–water partition coefficient (Wildman–Crippen LogP) is 3.85. The van der Waals surface area contributed by atoms with E-state index in [-0.39, 0.29) is 11.9 Å². The summed E-state index contributed by atoms with van der Waals surface area (Å²) < 4.78 is 0. The van der Waals surface area contributed by atoms with Crippen LogP contribution in [0.1, 0.15) is 25.8 Å². The number of amides is 1. The van der Waals surface area contributed by atoms with Crippen LogP contribution in [0.3, 0.4) is 0 Å². The lowest BCUT2D eigenvalue weighted by atomic mass is 10.1. The van der Waals surface area contributed by atoms with Gasteiger partial charge >= 0.3 is 0 Å². The van der Waals surface area contributed by atoms with Gasteiger partial charge in [0, 0.05) is 37.1 Å². The second-order valence-corrected chi connectivity index (χ2v) is 7.80. The Kier molecular flexibility index (Phi) is 6.38. The van der Waals surface area contributed by atoms with Gasteiger partial charge in [-0.05, 0) is 57.4 Å². The second kappa shape index (κ2) is 8.94. The van der Waals surface area contributed by atoms with Gasteiger partial charge in [-0.1, -0.05) is 35.9 Å². The molecule has 1 N–H and O–H groups in total. The molecule has 4 heteroatoms. The van der Waals surface area contributed by atoms with Crippen LogP contribution in [0, 0.1) is 12.8 Å². The van der Waals surface area contributed by atoms with E-state index in [0.717, 1.165) is 31.7 Å². The molecule has 2 aromatic rings. The highest BCUT2D eigenvalue weighted by Gasteiger charge is 2.23. The minimum atomic E-state index is 0.0995. The molecule has 0 radical (unpaired) electrons. The van der Waals surface area contributed by atoms with Crippen LogP contribution in [-0.4, -0.2) is 38.1 Å². The molecule has 0 aromatic heterocycles. The summed E-state index contributed by atoms with van der Waals surface area (Å²) in [6.45, 7) is 9.56. The lowest BCUT2D eigenvalue weighted by Crippen LogP contribution is -2.42. The number of nitrogens with one attached hydrogen (secondary N) is 1. The molecule has 1 heterocycles. The summed E-state index contributed by atoms with van der Waals surface area (Å²) in [7, 11) is 0. The van der Waals surface area contributed by atoms with Gasteiger partial charge in [0.2, 0.25) is 5.91 Å². The van der Waals surface area contributed by atoms with E-state index in [0.29, 0.717) is 12.5 Å². The standard InChI is InChI=1S/C23H31N3O/c1-18(2)26(22-11-9-19(3)10-12-22)17-23(27)24-15-20-13-14-25(16-20)21-7-5-4-6-8-21/h4-12,18,20H,13-17H2,1-3H3,(H,24,27). The van der Waals surface area contributed by atoms with Crippen LogP contribution in [-0.2, 0) is 4.79 Å². The van der Waals surface area contributed by atoms with Crippen LogP contribution < -0.4 is 15.1 Å². The van der Waals surface area contributed by atoms with E-state index in [2.05, 4.69) is 84.4 Å². The highest BCUT2D eigenvalue weighted by atomic mass is 16.2. The average molecular weight is 366 g/mol. The molecule has 1 atom stereocenters. The van der Waals surface area contributed by atoms with Crippen molar-refractivity contribution in [3.8, 4) is 0 Å². The number of hydrogen-bond acceptors (Lipinski definition) is 3. The van der Waals surface area contributed by atoms with Crippen LogP contribution in [0.15, 0.2) is 54.6 Å². The van der Waals surface area contributed by atoms with Gasteiger partial charge in [0.15, 0.2) is 0 Å².